The number of ether oxygens (including phenoxy) is 1. The van der Waals surface area contributed by atoms with Crippen molar-refractivity contribution in [2.75, 3.05) is 25.1 Å². The highest BCUT2D eigenvalue weighted by Gasteiger charge is 2.03. The quantitative estimate of drug-likeness (QED) is 0.580. The topological polar surface area (TPSA) is 49.8 Å². The predicted molar refractivity (Wildman–Crippen MR) is 76.5 cm³/mol. The Balaban J connectivity index is 2.17. The van der Waals surface area contributed by atoms with Gasteiger partial charge in [-0.25, -0.2) is 0 Å². The van der Waals surface area contributed by atoms with Crippen molar-refractivity contribution in [2.24, 2.45) is 0 Å². The summed E-state index contributed by atoms with van der Waals surface area (Å²) >= 11 is 0. The van der Waals surface area contributed by atoms with Crippen molar-refractivity contribution in [2.45, 2.75) is 32.6 Å². The van der Waals surface area contributed by atoms with Gasteiger partial charge in [-0.15, -0.1) is 0 Å². The Morgan fingerprint density at radius 1 is 1.32 bits per heavy atom. The summed E-state index contributed by atoms with van der Waals surface area (Å²) < 4.78 is 4.87. The second kappa shape index (κ2) is 8.40. The van der Waals surface area contributed by atoms with Gasteiger partial charge in [0.25, 0.3) is 0 Å². The number of nitrogens with zero attached hydrogens (tertiary/aromatic N) is 1. The second-order valence-corrected chi connectivity index (χ2v) is 4.56. The highest BCUT2D eigenvalue weighted by Crippen LogP contribution is 2.19. The van der Waals surface area contributed by atoms with Crippen LogP contribution in [0.15, 0.2) is 24.3 Å². The van der Waals surface area contributed by atoms with Crippen molar-refractivity contribution in [1.29, 1.82) is 0 Å². The van der Waals surface area contributed by atoms with Gasteiger partial charge in [-0.1, -0.05) is 12.5 Å². The number of carbonyl (C=O) groups is 1. The minimum Gasteiger partial charge on any atom is -0.508 e. The van der Waals surface area contributed by atoms with Crippen LogP contribution in [0.3, 0.4) is 0 Å². The molecule has 0 atom stereocenters. The molecule has 1 aromatic carbocycles. The van der Waals surface area contributed by atoms with Gasteiger partial charge in [-0.2, -0.15) is 0 Å². The van der Waals surface area contributed by atoms with Crippen LogP contribution in [0.4, 0.5) is 5.69 Å². The van der Waals surface area contributed by atoms with E-state index >= 15 is 0 Å². The molecule has 0 spiro atoms. The molecule has 1 N–H and O–H groups in total. The van der Waals surface area contributed by atoms with Crippen LogP contribution in [0, 0.1) is 0 Å². The van der Waals surface area contributed by atoms with Crippen LogP contribution in [0.5, 0.6) is 5.75 Å². The molecule has 0 aromatic heterocycles. The van der Waals surface area contributed by atoms with Gasteiger partial charge in [0.1, 0.15) is 5.75 Å². The molecule has 0 heterocycles. The Labute approximate surface area is 115 Å². The molecule has 19 heavy (non-hydrogen) atoms. The van der Waals surface area contributed by atoms with Crippen LogP contribution < -0.4 is 4.90 Å². The molecule has 0 aliphatic heterocycles. The van der Waals surface area contributed by atoms with Crippen LogP contribution in [-0.4, -0.2) is 31.3 Å². The van der Waals surface area contributed by atoms with Crippen LogP contribution in [-0.2, 0) is 9.53 Å². The van der Waals surface area contributed by atoms with Crippen LogP contribution in [0.25, 0.3) is 0 Å². The average molecular weight is 265 g/mol. The van der Waals surface area contributed by atoms with Gasteiger partial charge < -0.3 is 14.7 Å². The maximum absolute atomic E-state index is 11.1. The molecule has 0 radical (unpaired) electrons. The van der Waals surface area contributed by atoms with Crippen molar-refractivity contribution in [3.05, 3.63) is 24.3 Å². The number of rotatable bonds is 8. The standard InChI is InChI=1S/C15H23NO3/c1-3-19-15(18)10-5-4-6-11-16(2)13-8-7-9-14(17)12-13/h7-9,12,17H,3-6,10-11H2,1-2H3. The van der Waals surface area contributed by atoms with Gasteiger partial charge in [0, 0.05) is 31.8 Å². The lowest BCUT2D eigenvalue weighted by molar-refractivity contribution is -0.143. The largest absolute Gasteiger partial charge is 0.508 e. The fourth-order valence-electron chi connectivity index (χ4n) is 1.89. The summed E-state index contributed by atoms with van der Waals surface area (Å²) in [5.74, 6) is 0.176. The number of hydrogen-bond donors (Lipinski definition) is 1. The SMILES string of the molecule is CCOC(=O)CCCCCN(C)c1cccc(O)c1. The molecule has 0 saturated carbocycles. The van der Waals surface area contributed by atoms with Gasteiger partial charge in [0.2, 0.25) is 0 Å². The van der Waals surface area contributed by atoms with E-state index in [1.165, 1.54) is 0 Å². The first-order valence-corrected chi connectivity index (χ1v) is 6.79. The van der Waals surface area contributed by atoms with Crippen molar-refractivity contribution in [3.8, 4) is 5.75 Å². The Morgan fingerprint density at radius 3 is 2.79 bits per heavy atom. The average Bonchev–Trinajstić information content (AvgIpc) is 2.38. The zero-order valence-electron chi connectivity index (χ0n) is 11.8. The van der Waals surface area contributed by atoms with E-state index in [9.17, 15) is 9.90 Å². The monoisotopic (exact) mass is 265 g/mol. The third kappa shape index (κ3) is 6.13. The molecule has 4 nitrogen and oxygen atoms in total. The molecule has 0 amide bonds. The van der Waals surface area contributed by atoms with Crippen molar-refractivity contribution >= 4 is 11.7 Å². The van der Waals surface area contributed by atoms with E-state index in [-0.39, 0.29) is 11.7 Å². The van der Waals surface area contributed by atoms with Gasteiger partial charge in [-0.05, 0) is 31.9 Å². The number of benzene rings is 1. The lowest BCUT2D eigenvalue weighted by atomic mass is 10.2. The number of phenolic OH excluding ortho intramolecular Hbond substituents is 1. The zero-order valence-corrected chi connectivity index (χ0v) is 11.8. The van der Waals surface area contributed by atoms with Gasteiger partial charge in [0.15, 0.2) is 0 Å². The summed E-state index contributed by atoms with van der Waals surface area (Å²) in [6, 6.07) is 7.22. The summed E-state index contributed by atoms with van der Waals surface area (Å²) in [6.45, 7) is 3.19. The molecule has 0 aliphatic rings. The molecule has 0 fully saturated rings. The van der Waals surface area contributed by atoms with E-state index in [2.05, 4.69) is 4.90 Å². The lowest BCUT2D eigenvalue weighted by Crippen LogP contribution is -2.18. The highest BCUT2D eigenvalue weighted by molar-refractivity contribution is 5.69. The molecule has 4 heteroatoms. The lowest BCUT2D eigenvalue weighted by Gasteiger charge is -2.19. The smallest absolute Gasteiger partial charge is 0.305 e. The van der Waals surface area contributed by atoms with Crippen LogP contribution in [0.2, 0.25) is 0 Å². The van der Waals surface area contributed by atoms with E-state index in [4.69, 9.17) is 4.74 Å². The van der Waals surface area contributed by atoms with E-state index in [0.29, 0.717) is 13.0 Å². The summed E-state index contributed by atoms with van der Waals surface area (Å²) in [4.78, 5) is 13.2. The molecule has 0 bridgehead atoms. The van der Waals surface area contributed by atoms with E-state index in [0.717, 1.165) is 31.5 Å². The van der Waals surface area contributed by atoms with Gasteiger partial charge in [-0.3, -0.25) is 4.79 Å². The number of carbonyl (C=O) groups excluding carboxylic acids is 1. The Bertz CT molecular complexity index is 393. The van der Waals surface area contributed by atoms with Crippen molar-refractivity contribution in [3.63, 3.8) is 0 Å². The van der Waals surface area contributed by atoms with Gasteiger partial charge in [0.05, 0.1) is 6.61 Å². The third-order valence-electron chi connectivity index (χ3n) is 2.95. The number of aromatic hydroxyl groups is 1. The molecule has 0 aliphatic carbocycles. The molecule has 0 unspecified atom stereocenters. The number of phenols is 1. The summed E-state index contributed by atoms with van der Waals surface area (Å²) in [6.07, 6.45) is 3.39. The second-order valence-electron chi connectivity index (χ2n) is 4.56. The maximum atomic E-state index is 11.1. The first kappa shape index (κ1) is 15.3. The Kier molecular flexibility index (Phi) is 6.79. The Hall–Kier alpha value is -1.71. The van der Waals surface area contributed by atoms with E-state index < -0.39 is 0 Å². The summed E-state index contributed by atoms with van der Waals surface area (Å²) in [7, 11) is 2.00. The van der Waals surface area contributed by atoms with Gasteiger partial charge >= 0.3 is 5.97 Å². The molecule has 1 rings (SSSR count). The molecular formula is C15H23NO3. The first-order valence-electron chi connectivity index (χ1n) is 6.79. The van der Waals surface area contributed by atoms with E-state index in [1.807, 2.05) is 26.1 Å². The highest BCUT2D eigenvalue weighted by atomic mass is 16.5. The van der Waals surface area contributed by atoms with Crippen LogP contribution >= 0.6 is 0 Å². The first-order chi connectivity index (χ1) is 9.13. The predicted octanol–water partition coefficient (Wildman–Crippen LogP) is 2.95. The molecule has 106 valence electrons. The van der Waals surface area contributed by atoms with Crippen molar-refractivity contribution < 1.29 is 14.6 Å². The van der Waals surface area contributed by atoms with Crippen molar-refractivity contribution in [1.82, 2.24) is 0 Å². The fourth-order valence-corrected chi connectivity index (χ4v) is 1.89. The number of hydrogen-bond acceptors (Lipinski definition) is 4. The maximum Gasteiger partial charge on any atom is 0.305 e. The molecule has 1 aromatic rings. The third-order valence-corrected chi connectivity index (χ3v) is 2.95. The van der Waals surface area contributed by atoms with Crippen LogP contribution in [0.1, 0.15) is 32.6 Å². The zero-order chi connectivity index (χ0) is 14.1. The minimum absolute atomic E-state index is 0.108. The minimum atomic E-state index is -0.108. The van der Waals surface area contributed by atoms with E-state index in [1.54, 1.807) is 12.1 Å². The number of unbranched alkanes of at least 4 members (excludes halogenated alkanes) is 2. The number of esters is 1. The Morgan fingerprint density at radius 2 is 2.11 bits per heavy atom. The fraction of sp³-hybridized carbons (Fsp3) is 0.533. The summed E-state index contributed by atoms with van der Waals surface area (Å²) in [5, 5.41) is 9.41. The molecule has 0 saturated heterocycles. The summed E-state index contributed by atoms with van der Waals surface area (Å²) in [5.41, 5.74) is 1.00. The number of anilines is 1. The molecular weight excluding hydrogens is 242 g/mol. The normalized spacial score (nSPS) is 10.2.